The first kappa shape index (κ1) is 18.8. The van der Waals surface area contributed by atoms with Gasteiger partial charge >= 0.3 is 5.97 Å². The summed E-state index contributed by atoms with van der Waals surface area (Å²) in [7, 11) is 2.12. The fraction of sp³-hybridized carbons (Fsp3) is 0.824. The van der Waals surface area contributed by atoms with Crippen molar-refractivity contribution in [1.29, 1.82) is 0 Å². The second-order valence-corrected chi connectivity index (χ2v) is 6.26. The Balaban J connectivity index is 0.000000255. The third kappa shape index (κ3) is 8.27. The van der Waals surface area contributed by atoms with Gasteiger partial charge in [0.2, 0.25) is 0 Å². The molecule has 0 aliphatic carbocycles. The van der Waals surface area contributed by atoms with Crippen molar-refractivity contribution in [2.75, 3.05) is 26.8 Å². The van der Waals surface area contributed by atoms with Crippen molar-refractivity contribution < 1.29 is 9.90 Å². The summed E-state index contributed by atoms with van der Waals surface area (Å²) in [5, 5.41) is 11.2. The molecule has 0 spiro atoms. The number of unbranched alkanes of at least 4 members (excludes halogenated alkanes) is 5. The van der Waals surface area contributed by atoms with Gasteiger partial charge in [0.05, 0.1) is 6.67 Å². The van der Waals surface area contributed by atoms with Crippen molar-refractivity contribution in [2.24, 2.45) is 0 Å². The number of aliphatic carboxylic acids is 1. The van der Waals surface area contributed by atoms with Gasteiger partial charge in [0.15, 0.2) is 0 Å². The summed E-state index contributed by atoms with van der Waals surface area (Å²) in [6.45, 7) is 5.43. The van der Waals surface area contributed by atoms with Gasteiger partial charge in [0.25, 0.3) is 0 Å². The fourth-order valence-electron chi connectivity index (χ4n) is 2.72. The predicted octanol–water partition coefficient (Wildman–Crippen LogP) is 2.85. The molecule has 128 valence electrons. The van der Waals surface area contributed by atoms with E-state index >= 15 is 0 Å². The van der Waals surface area contributed by atoms with Crippen molar-refractivity contribution in [3.63, 3.8) is 0 Å². The standard InChI is InChI=1S/C12H24N2.C5H9NO2/c1-3-4-5-6-7-8-9-14-11-10-13(2)12-14;7-5(8)4-2-1-3-6-4/h10-11H,3-9,12H2,1-2H3;4,6H,1-3H2,(H,7,8)/t;4-/m.0/s1. The minimum atomic E-state index is -0.720. The Morgan fingerprint density at radius 3 is 2.45 bits per heavy atom. The quantitative estimate of drug-likeness (QED) is 0.675. The molecule has 0 aromatic heterocycles. The zero-order valence-electron chi connectivity index (χ0n) is 14.3. The van der Waals surface area contributed by atoms with E-state index in [2.05, 4.69) is 41.5 Å². The molecule has 5 nitrogen and oxygen atoms in total. The van der Waals surface area contributed by atoms with E-state index in [4.69, 9.17) is 5.11 Å². The lowest BCUT2D eigenvalue weighted by molar-refractivity contribution is -0.139. The zero-order valence-corrected chi connectivity index (χ0v) is 14.3. The largest absolute Gasteiger partial charge is 0.480 e. The van der Waals surface area contributed by atoms with Crippen molar-refractivity contribution in [3.05, 3.63) is 12.4 Å². The molecular weight excluding hydrogens is 278 g/mol. The lowest BCUT2D eigenvalue weighted by atomic mass is 10.1. The number of hydrogen-bond acceptors (Lipinski definition) is 4. The van der Waals surface area contributed by atoms with E-state index in [-0.39, 0.29) is 6.04 Å². The van der Waals surface area contributed by atoms with Crippen LogP contribution in [0.5, 0.6) is 0 Å². The number of carboxylic acid groups (broad SMARTS) is 1. The van der Waals surface area contributed by atoms with Crippen molar-refractivity contribution in [1.82, 2.24) is 15.1 Å². The van der Waals surface area contributed by atoms with E-state index in [1.807, 2.05) is 0 Å². The first-order valence-corrected chi connectivity index (χ1v) is 8.72. The van der Waals surface area contributed by atoms with E-state index < -0.39 is 5.97 Å². The van der Waals surface area contributed by atoms with Gasteiger partial charge in [-0.1, -0.05) is 39.0 Å². The van der Waals surface area contributed by atoms with E-state index in [1.54, 1.807) is 0 Å². The SMILES string of the molecule is CCCCCCCCN1C=CN(C)C1.O=C(O)[C@@H]1CCCN1. The first-order chi connectivity index (χ1) is 10.6. The third-order valence-electron chi connectivity index (χ3n) is 4.09. The molecule has 2 aliphatic heterocycles. The summed E-state index contributed by atoms with van der Waals surface area (Å²) < 4.78 is 0. The van der Waals surface area contributed by atoms with Crippen LogP contribution < -0.4 is 5.32 Å². The summed E-state index contributed by atoms with van der Waals surface area (Å²) in [5.41, 5.74) is 0. The minimum absolute atomic E-state index is 0.269. The first-order valence-electron chi connectivity index (χ1n) is 8.72. The molecule has 22 heavy (non-hydrogen) atoms. The van der Waals surface area contributed by atoms with Crippen LogP contribution in [0.4, 0.5) is 0 Å². The Hall–Kier alpha value is -1.23. The zero-order chi connectivity index (χ0) is 16.2. The van der Waals surface area contributed by atoms with Crippen LogP contribution in [0.15, 0.2) is 12.4 Å². The molecule has 0 aromatic carbocycles. The second kappa shape index (κ2) is 11.4. The molecule has 0 radical (unpaired) electrons. The van der Waals surface area contributed by atoms with E-state index in [9.17, 15) is 4.79 Å². The molecule has 0 amide bonds. The number of nitrogens with zero attached hydrogens (tertiary/aromatic N) is 2. The smallest absolute Gasteiger partial charge is 0.320 e. The Labute approximate surface area is 135 Å². The monoisotopic (exact) mass is 311 g/mol. The van der Waals surface area contributed by atoms with Crippen LogP contribution in [-0.4, -0.2) is 53.7 Å². The van der Waals surface area contributed by atoms with E-state index in [1.165, 1.54) is 45.1 Å². The van der Waals surface area contributed by atoms with Gasteiger partial charge in [-0.25, -0.2) is 0 Å². The van der Waals surface area contributed by atoms with Gasteiger partial charge in [-0.15, -0.1) is 0 Å². The normalized spacial score (nSPS) is 20.2. The molecule has 2 heterocycles. The summed E-state index contributed by atoms with van der Waals surface area (Å²) in [6, 6.07) is -0.269. The Morgan fingerprint density at radius 2 is 1.95 bits per heavy atom. The maximum Gasteiger partial charge on any atom is 0.320 e. The molecule has 2 rings (SSSR count). The number of carbonyl (C=O) groups is 1. The van der Waals surface area contributed by atoms with Crippen LogP contribution in [0.25, 0.3) is 0 Å². The number of nitrogens with one attached hydrogen (secondary N) is 1. The molecule has 2 N–H and O–H groups in total. The van der Waals surface area contributed by atoms with Crippen LogP contribution in [0.2, 0.25) is 0 Å². The summed E-state index contributed by atoms with van der Waals surface area (Å²) in [4.78, 5) is 14.7. The van der Waals surface area contributed by atoms with Gasteiger partial charge in [-0.05, 0) is 25.8 Å². The highest BCUT2D eigenvalue weighted by molar-refractivity contribution is 5.73. The van der Waals surface area contributed by atoms with E-state index in [0.717, 1.165) is 26.1 Å². The van der Waals surface area contributed by atoms with Crippen LogP contribution in [0.1, 0.15) is 58.3 Å². The molecule has 5 heteroatoms. The van der Waals surface area contributed by atoms with Crippen LogP contribution >= 0.6 is 0 Å². The number of rotatable bonds is 8. The maximum atomic E-state index is 10.1. The van der Waals surface area contributed by atoms with Crippen LogP contribution in [-0.2, 0) is 4.79 Å². The Kier molecular flexibility index (Phi) is 9.71. The maximum absolute atomic E-state index is 10.1. The predicted molar refractivity (Wildman–Crippen MR) is 90.5 cm³/mol. The molecule has 2 aliphatic rings. The van der Waals surface area contributed by atoms with Crippen molar-refractivity contribution >= 4 is 5.97 Å². The number of hydrogen-bond donors (Lipinski definition) is 2. The fourth-order valence-corrected chi connectivity index (χ4v) is 2.72. The van der Waals surface area contributed by atoms with Crippen molar-refractivity contribution in [3.8, 4) is 0 Å². The highest BCUT2D eigenvalue weighted by Crippen LogP contribution is 2.09. The molecule has 0 aromatic rings. The molecule has 1 saturated heterocycles. The third-order valence-corrected chi connectivity index (χ3v) is 4.09. The molecule has 0 unspecified atom stereocenters. The van der Waals surface area contributed by atoms with Gasteiger partial charge < -0.3 is 20.2 Å². The van der Waals surface area contributed by atoms with Crippen LogP contribution in [0, 0.1) is 0 Å². The van der Waals surface area contributed by atoms with Crippen molar-refractivity contribution in [2.45, 2.75) is 64.3 Å². The summed E-state index contributed by atoms with van der Waals surface area (Å²) in [6.07, 6.45) is 14.5. The van der Waals surface area contributed by atoms with Gasteiger partial charge in [0.1, 0.15) is 6.04 Å². The molecule has 0 bridgehead atoms. The highest BCUT2D eigenvalue weighted by atomic mass is 16.4. The average molecular weight is 311 g/mol. The summed E-state index contributed by atoms with van der Waals surface area (Å²) in [5.74, 6) is -0.720. The minimum Gasteiger partial charge on any atom is -0.480 e. The van der Waals surface area contributed by atoms with Gasteiger partial charge in [-0.2, -0.15) is 0 Å². The Morgan fingerprint density at radius 1 is 1.23 bits per heavy atom. The molecule has 1 atom stereocenters. The second-order valence-electron chi connectivity index (χ2n) is 6.26. The lowest BCUT2D eigenvalue weighted by Gasteiger charge is -2.17. The molecule has 1 fully saturated rings. The highest BCUT2D eigenvalue weighted by Gasteiger charge is 2.20. The lowest BCUT2D eigenvalue weighted by Crippen LogP contribution is -2.29. The van der Waals surface area contributed by atoms with E-state index in [0.29, 0.717) is 0 Å². The molecular formula is C17H33N3O2. The van der Waals surface area contributed by atoms with Gasteiger partial charge in [-0.3, -0.25) is 4.79 Å². The Bertz CT molecular complexity index is 328. The van der Waals surface area contributed by atoms with Gasteiger partial charge in [0, 0.05) is 26.0 Å². The average Bonchev–Trinajstić information content (AvgIpc) is 3.15. The number of carboxylic acids is 1. The summed E-state index contributed by atoms with van der Waals surface area (Å²) >= 11 is 0. The van der Waals surface area contributed by atoms with Crippen LogP contribution in [0.3, 0.4) is 0 Å². The molecule has 0 saturated carbocycles. The topological polar surface area (TPSA) is 55.8 Å².